The zero-order valence-electron chi connectivity index (χ0n) is 14.7. The van der Waals surface area contributed by atoms with E-state index in [4.69, 9.17) is 4.74 Å². The molecule has 0 unspecified atom stereocenters. The predicted molar refractivity (Wildman–Crippen MR) is 85.9 cm³/mol. The second kappa shape index (κ2) is 7.93. The molecule has 0 aliphatic carbocycles. The Hall–Kier alpha value is -2.76. The summed E-state index contributed by atoms with van der Waals surface area (Å²) in [6.07, 6.45) is -6.98. The maximum Gasteiger partial charge on any atom is 0.492 e. The fourth-order valence-corrected chi connectivity index (χ4v) is 2.83. The summed E-state index contributed by atoms with van der Waals surface area (Å²) < 4.78 is 83.2. The van der Waals surface area contributed by atoms with E-state index in [0.717, 1.165) is 15.8 Å². The van der Waals surface area contributed by atoms with Crippen molar-refractivity contribution in [2.24, 2.45) is 0 Å². The van der Waals surface area contributed by atoms with E-state index >= 15 is 0 Å². The third-order valence-electron chi connectivity index (χ3n) is 4.17. The van der Waals surface area contributed by atoms with E-state index in [2.05, 4.69) is 9.94 Å². The Bertz CT molecular complexity index is 843. The van der Waals surface area contributed by atoms with Crippen LogP contribution in [0.3, 0.4) is 0 Å². The smallest absolute Gasteiger partial charge is 0.490 e. The summed E-state index contributed by atoms with van der Waals surface area (Å²) in [6, 6.07) is 4.73. The lowest BCUT2D eigenvalue weighted by atomic mass is 10.1. The number of benzene rings is 1. The summed E-state index contributed by atoms with van der Waals surface area (Å²) >= 11 is 0. The van der Waals surface area contributed by atoms with Crippen molar-refractivity contribution in [3.05, 3.63) is 42.2 Å². The normalized spacial score (nSPS) is 16.6. The summed E-state index contributed by atoms with van der Waals surface area (Å²) in [5.41, 5.74) is -1.10. The van der Waals surface area contributed by atoms with Gasteiger partial charge >= 0.3 is 18.3 Å². The minimum atomic E-state index is -5.09. The quantitative estimate of drug-likeness (QED) is 0.702. The van der Waals surface area contributed by atoms with E-state index in [1.54, 1.807) is 0 Å². The molecule has 1 saturated heterocycles. The summed E-state index contributed by atoms with van der Waals surface area (Å²) in [5, 5.41) is 4.71. The largest absolute Gasteiger partial charge is 0.492 e. The topological polar surface area (TPSA) is 56.6 Å². The van der Waals surface area contributed by atoms with Gasteiger partial charge in [0.2, 0.25) is 0 Å². The molecular weight excluding hydrogens is 408 g/mol. The Labute approximate surface area is 160 Å². The maximum atomic E-state index is 13.3. The second-order valence-electron chi connectivity index (χ2n) is 6.25. The first-order valence-corrected chi connectivity index (χ1v) is 8.46. The van der Waals surface area contributed by atoms with E-state index in [9.17, 15) is 31.1 Å². The molecule has 2 heterocycles. The Kier molecular flexibility index (Phi) is 5.73. The lowest BCUT2D eigenvalue weighted by Gasteiger charge is -2.31. The third-order valence-corrected chi connectivity index (χ3v) is 4.17. The molecule has 0 radical (unpaired) electrons. The number of alkyl halides is 6. The predicted octanol–water partition coefficient (Wildman–Crippen LogP) is 3.75. The van der Waals surface area contributed by atoms with Crippen molar-refractivity contribution in [3.8, 4) is 11.4 Å². The van der Waals surface area contributed by atoms with Gasteiger partial charge in [0, 0.05) is 44.4 Å². The first-order chi connectivity index (χ1) is 13.5. The van der Waals surface area contributed by atoms with Crippen molar-refractivity contribution in [2.75, 3.05) is 13.1 Å². The molecule has 0 N–H and O–H groups in total. The van der Waals surface area contributed by atoms with Gasteiger partial charge in [-0.05, 0) is 18.2 Å². The van der Waals surface area contributed by atoms with Crippen molar-refractivity contribution < 1.29 is 40.7 Å². The number of hydrogen-bond acceptors (Lipinski definition) is 5. The molecule has 0 saturated carbocycles. The van der Waals surface area contributed by atoms with Crippen LogP contribution < -0.4 is 4.74 Å². The minimum Gasteiger partial charge on any atom is -0.490 e. The highest BCUT2D eigenvalue weighted by atomic mass is 19.4. The van der Waals surface area contributed by atoms with Crippen LogP contribution in [0, 0.1) is 0 Å². The monoisotopic (exact) mass is 423 g/mol. The van der Waals surface area contributed by atoms with Gasteiger partial charge in [-0.25, -0.2) is 9.48 Å². The third kappa shape index (κ3) is 5.19. The van der Waals surface area contributed by atoms with Gasteiger partial charge in [-0.1, -0.05) is 0 Å². The number of aromatic nitrogens is 2. The molecule has 1 aromatic heterocycles. The second-order valence-corrected chi connectivity index (χ2v) is 6.25. The standard InChI is InChI=1S/C17H15F6N3O3/c18-16(19,20)13-3-2-12(10-14(13)26-7-1-6-24-26)28-11-4-8-25(9-5-11)29-15(27)17(21,22)23/h1-3,6-7,10-11H,4-5,8-9H2. The fraction of sp³-hybridized carbons (Fsp3) is 0.412. The number of hydroxylamine groups is 2. The fourth-order valence-electron chi connectivity index (χ4n) is 2.83. The first-order valence-electron chi connectivity index (χ1n) is 8.46. The number of ether oxygens (including phenoxy) is 1. The number of halogens is 6. The van der Waals surface area contributed by atoms with Crippen LogP contribution in [-0.4, -0.2) is 46.2 Å². The van der Waals surface area contributed by atoms with Crippen LogP contribution in [0.4, 0.5) is 26.3 Å². The Balaban J connectivity index is 1.66. The van der Waals surface area contributed by atoms with Gasteiger partial charge in [0.1, 0.15) is 11.9 Å². The number of rotatable bonds is 4. The van der Waals surface area contributed by atoms with E-state index < -0.39 is 30.0 Å². The van der Waals surface area contributed by atoms with E-state index in [0.29, 0.717) is 0 Å². The SMILES string of the molecule is O=C(ON1CCC(Oc2ccc(C(F)(F)F)c(-n3cccn3)c2)CC1)C(F)(F)F. The average molecular weight is 423 g/mol. The Morgan fingerprint density at radius 1 is 1.10 bits per heavy atom. The highest BCUT2D eigenvalue weighted by Gasteiger charge is 2.43. The molecular formula is C17H15F6N3O3. The highest BCUT2D eigenvalue weighted by molar-refractivity contribution is 5.75. The van der Waals surface area contributed by atoms with E-state index in [-0.39, 0.29) is 37.4 Å². The molecule has 3 rings (SSSR count). The lowest BCUT2D eigenvalue weighted by molar-refractivity contribution is -0.243. The maximum absolute atomic E-state index is 13.3. The summed E-state index contributed by atoms with van der Waals surface area (Å²) in [4.78, 5) is 15.1. The molecule has 158 valence electrons. The van der Waals surface area contributed by atoms with Crippen molar-refractivity contribution in [1.29, 1.82) is 0 Å². The molecule has 29 heavy (non-hydrogen) atoms. The molecule has 0 bridgehead atoms. The Morgan fingerprint density at radius 3 is 2.34 bits per heavy atom. The van der Waals surface area contributed by atoms with Gasteiger partial charge < -0.3 is 9.57 Å². The van der Waals surface area contributed by atoms with Crippen LogP contribution >= 0.6 is 0 Å². The van der Waals surface area contributed by atoms with E-state index in [1.807, 2.05) is 0 Å². The molecule has 6 nitrogen and oxygen atoms in total. The zero-order valence-corrected chi connectivity index (χ0v) is 14.7. The molecule has 1 aliphatic rings. The lowest BCUT2D eigenvalue weighted by Crippen LogP contribution is -2.42. The highest BCUT2D eigenvalue weighted by Crippen LogP contribution is 2.36. The average Bonchev–Trinajstić information content (AvgIpc) is 3.16. The van der Waals surface area contributed by atoms with Crippen molar-refractivity contribution in [2.45, 2.75) is 31.3 Å². The van der Waals surface area contributed by atoms with Gasteiger partial charge in [-0.3, -0.25) is 0 Å². The molecule has 12 heteroatoms. The molecule has 1 aliphatic heterocycles. The molecule has 1 aromatic carbocycles. The number of piperidine rings is 1. The van der Waals surface area contributed by atoms with Gasteiger partial charge in [-0.2, -0.15) is 31.4 Å². The van der Waals surface area contributed by atoms with Crippen LogP contribution in [-0.2, 0) is 15.8 Å². The number of hydrogen-bond donors (Lipinski definition) is 0. The van der Waals surface area contributed by atoms with Gasteiger partial charge in [-0.15, -0.1) is 5.06 Å². The van der Waals surface area contributed by atoms with Crippen molar-refractivity contribution in [1.82, 2.24) is 14.8 Å². The van der Waals surface area contributed by atoms with Crippen molar-refractivity contribution >= 4 is 5.97 Å². The van der Waals surface area contributed by atoms with Crippen LogP contribution in [0.25, 0.3) is 5.69 Å². The van der Waals surface area contributed by atoms with Crippen LogP contribution in [0.15, 0.2) is 36.7 Å². The number of carbonyl (C=O) groups excluding carboxylic acids is 1. The van der Waals surface area contributed by atoms with Crippen LogP contribution in [0.5, 0.6) is 5.75 Å². The molecule has 0 spiro atoms. The van der Waals surface area contributed by atoms with Gasteiger partial charge in [0.05, 0.1) is 11.3 Å². The van der Waals surface area contributed by atoms with Crippen LogP contribution in [0.2, 0.25) is 0 Å². The van der Waals surface area contributed by atoms with Gasteiger partial charge in [0.15, 0.2) is 0 Å². The number of nitrogens with zero attached hydrogens (tertiary/aromatic N) is 3. The molecule has 2 aromatic rings. The zero-order chi connectivity index (χ0) is 21.2. The molecule has 1 fully saturated rings. The molecule has 0 atom stereocenters. The summed E-state index contributed by atoms with van der Waals surface area (Å²) in [6.45, 7) is -0.00172. The van der Waals surface area contributed by atoms with Crippen LogP contribution in [0.1, 0.15) is 18.4 Å². The van der Waals surface area contributed by atoms with Crippen molar-refractivity contribution in [3.63, 3.8) is 0 Å². The first kappa shape index (κ1) is 21.0. The minimum absolute atomic E-state index is 0.000859. The number of carbonyl (C=O) groups is 1. The summed E-state index contributed by atoms with van der Waals surface area (Å²) in [5.74, 6) is -2.14. The van der Waals surface area contributed by atoms with Gasteiger partial charge in [0.25, 0.3) is 0 Å². The molecule has 0 amide bonds. The Morgan fingerprint density at radius 2 is 1.79 bits per heavy atom. The summed E-state index contributed by atoms with van der Waals surface area (Å²) in [7, 11) is 0. The van der Waals surface area contributed by atoms with E-state index in [1.165, 1.54) is 30.6 Å².